The van der Waals surface area contributed by atoms with Gasteiger partial charge in [-0.3, -0.25) is 0 Å². The molecule has 0 saturated carbocycles. The van der Waals surface area contributed by atoms with Crippen LogP contribution < -0.4 is 0 Å². The van der Waals surface area contributed by atoms with Crippen LogP contribution in [0.25, 0.3) is 22.5 Å². The Morgan fingerprint density at radius 2 is 1.57 bits per heavy atom. The number of aromatic nitrogens is 2. The number of rotatable bonds is 1. The summed E-state index contributed by atoms with van der Waals surface area (Å²) in [7, 11) is 0. The third-order valence-electron chi connectivity index (χ3n) is 4.08. The number of aryl methyl sites for hydroxylation is 2. The molecule has 2 aromatic carbocycles. The summed E-state index contributed by atoms with van der Waals surface area (Å²) < 4.78 is 0. The summed E-state index contributed by atoms with van der Waals surface area (Å²) in [5.74, 6) is 0. The second kappa shape index (κ2) is 4.52. The lowest BCUT2D eigenvalue weighted by Crippen LogP contribution is -1.95. The zero-order chi connectivity index (χ0) is 14.4. The molecule has 0 atom stereocenters. The first-order valence-corrected chi connectivity index (χ1v) is 7.23. The van der Waals surface area contributed by atoms with E-state index in [0.717, 1.165) is 17.8 Å². The Morgan fingerprint density at radius 1 is 0.857 bits per heavy atom. The Labute approximate surface area is 124 Å². The largest absolute Gasteiger partial charge is 0.236 e. The normalized spacial score (nSPS) is 12.1. The van der Waals surface area contributed by atoms with Crippen LogP contribution in [-0.2, 0) is 6.42 Å². The third-order valence-corrected chi connectivity index (χ3v) is 4.08. The number of fused-ring (bicyclic) bond motifs is 3. The minimum atomic E-state index is 0.925. The highest BCUT2D eigenvalue weighted by atomic mass is 14.9. The molecular formula is C19H16N2. The average Bonchev–Trinajstić information content (AvgIpc) is 2.84. The molecule has 0 fully saturated rings. The highest BCUT2D eigenvalue weighted by molar-refractivity contribution is 5.80. The van der Waals surface area contributed by atoms with Crippen LogP contribution in [0.3, 0.4) is 0 Å². The Bertz CT molecular complexity index is 830. The summed E-state index contributed by atoms with van der Waals surface area (Å²) in [6, 6.07) is 15.1. The summed E-state index contributed by atoms with van der Waals surface area (Å²) in [4.78, 5) is 9.10. The van der Waals surface area contributed by atoms with E-state index in [1.807, 2.05) is 0 Å². The molecule has 21 heavy (non-hydrogen) atoms. The van der Waals surface area contributed by atoms with Crippen molar-refractivity contribution < 1.29 is 0 Å². The summed E-state index contributed by atoms with van der Waals surface area (Å²) in [6.45, 7) is 4.26. The smallest absolute Gasteiger partial charge is 0.116 e. The van der Waals surface area contributed by atoms with E-state index in [9.17, 15) is 0 Å². The molecule has 0 amide bonds. The molecule has 2 nitrogen and oxygen atoms in total. The van der Waals surface area contributed by atoms with Crippen LogP contribution in [-0.4, -0.2) is 9.97 Å². The molecule has 102 valence electrons. The summed E-state index contributed by atoms with van der Waals surface area (Å²) in [6.07, 6.45) is 2.61. The first-order valence-electron chi connectivity index (χ1n) is 7.23. The van der Waals surface area contributed by atoms with E-state index >= 15 is 0 Å². The molecule has 0 aliphatic heterocycles. The molecule has 3 aromatic rings. The molecule has 0 bridgehead atoms. The fraction of sp³-hybridized carbons (Fsp3) is 0.158. The predicted molar refractivity (Wildman–Crippen MR) is 85.2 cm³/mol. The van der Waals surface area contributed by atoms with Gasteiger partial charge in [0.15, 0.2) is 0 Å². The minimum Gasteiger partial charge on any atom is -0.236 e. The van der Waals surface area contributed by atoms with Crippen molar-refractivity contribution in [2.45, 2.75) is 20.3 Å². The third kappa shape index (κ3) is 1.95. The van der Waals surface area contributed by atoms with E-state index < -0.39 is 0 Å². The second-order valence-electron chi connectivity index (χ2n) is 5.76. The van der Waals surface area contributed by atoms with Crippen molar-refractivity contribution in [3.63, 3.8) is 0 Å². The molecule has 0 spiro atoms. The van der Waals surface area contributed by atoms with Crippen LogP contribution >= 0.6 is 0 Å². The van der Waals surface area contributed by atoms with Crippen LogP contribution in [0.15, 0.2) is 48.8 Å². The molecular weight excluding hydrogens is 256 g/mol. The lowest BCUT2D eigenvalue weighted by Gasteiger charge is -2.09. The number of nitrogens with zero attached hydrogens (tertiary/aromatic N) is 2. The Morgan fingerprint density at radius 3 is 2.38 bits per heavy atom. The van der Waals surface area contributed by atoms with E-state index in [4.69, 9.17) is 0 Å². The number of hydrogen-bond acceptors (Lipinski definition) is 2. The highest BCUT2D eigenvalue weighted by Crippen LogP contribution is 2.39. The maximum absolute atomic E-state index is 4.57. The zero-order valence-electron chi connectivity index (χ0n) is 12.2. The standard InChI is InChI=1S/C19H16N2/c1-12-7-13(2)9-15(8-12)18-17-10-14-5-3-4-6-16(14)19(17)21-11-20-18/h3-9,11H,10H2,1-2H3. The first-order chi connectivity index (χ1) is 10.2. The zero-order valence-corrected chi connectivity index (χ0v) is 12.2. The molecule has 0 unspecified atom stereocenters. The van der Waals surface area contributed by atoms with E-state index in [2.05, 4.69) is 66.3 Å². The van der Waals surface area contributed by atoms with E-state index in [1.54, 1.807) is 6.33 Å². The van der Waals surface area contributed by atoms with Gasteiger partial charge in [0.05, 0.1) is 11.4 Å². The van der Waals surface area contributed by atoms with Gasteiger partial charge in [0.25, 0.3) is 0 Å². The Balaban J connectivity index is 1.94. The maximum Gasteiger partial charge on any atom is 0.116 e. The topological polar surface area (TPSA) is 25.8 Å². The fourth-order valence-corrected chi connectivity index (χ4v) is 3.27. The van der Waals surface area contributed by atoms with E-state index in [-0.39, 0.29) is 0 Å². The second-order valence-corrected chi connectivity index (χ2v) is 5.76. The first kappa shape index (κ1) is 12.3. The van der Waals surface area contributed by atoms with Crippen molar-refractivity contribution in [3.05, 3.63) is 71.0 Å². The van der Waals surface area contributed by atoms with Crippen LogP contribution in [0.2, 0.25) is 0 Å². The lowest BCUT2D eigenvalue weighted by atomic mass is 10.0. The van der Waals surface area contributed by atoms with Gasteiger partial charge >= 0.3 is 0 Å². The van der Waals surface area contributed by atoms with Crippen molar-refractivity contribution in [2.24, 2.45) is 0 Å². The van der Waals surface area contributed by atoms with Crippen LogP contribution in [0, 0.1) is 13.8 Å². The number of benzene rings is 2. The van der Waals surface area contributed by atoms with Gasteiger partial charge in [-0.05, 0) is 31.5 Å². The SMILES string of the molecule is Cc1cc(C)cc(-c2ncnc3c2Cc2ccccc2-3)c1. The monoisotopic (exact) mass is 272 g/mol. The predicted octanol–water partition coefficient (Wildman–Crippen LogP) is 4.33. The average molecular weight is 272 g/mol. The Hall–Kier alpha value is -2.48. The lowest BCUT2D eigenvalue weighted by molar-refractivity contribution is 1.12. The van der Waals surface area contributed by atoms with Crippen LogP contribution in [0.5, 0.6) is 0 Å². The quantitative estimate of drug-likeness (QED) is 0.515. The van der Waals surface area contributed by atoms with E-state index in [1.165, 1.54) is 33.4 Å². The summed E-state index contributed by atoms with van der Waals surface area (Å²) in [5.41, 5.74) is 9.75. The number of hydrogen-bond donors (Lipinski definition) is 0. The van der Waals surface area contributed by atoms with Crippen molar-refractivity contribution in [1.29, 1.82) is 0 Å². The summed E-state index contributed by atoms with van der Waals surface area (Å²) in [5, 5.41) is 0. The van der Waals surface area contributed by atoms with Gasteiger partial charge < -0.3 is 0 Å². The van der Waals surface area contributed by atoms with Crippen molar-refractivity contribution in [2.75, 3.05) is 0 Å². The molecule has 2 heteroatoms. The van der Waals surface area contributed by atoms with Gasteiger partial charge in [-0.15, -0.1) is 0 Å². The van der Waals surface area contributed by atoms with Gasteiger partial charge in [-0.2, -0.15) is 0 Å². The van der Waals surface area contributed by atoms with Crippen LogP contribution in [0.4, 0.5) is 0 Å². The molecule has 0 radical (unpaired) electrons. The molecule has 1 aliphatic carbocycles. The van der Waals surface area contributed by atoms with Crippen molar-refractivity contribution >= 4 is 0 Å². The van der Waals surface area contributed by atoms with Gasteiger partial charge in [0, 0.05) is 23.1 Å². The molecule has 1 aromatic heterocycles. The maximum atomic E-state index is 4.57. The fourth-order valence-electron chi connectivity index (χ4n) is 3.27. The van der Waals surface area contributed by atoms with E-state index in [0.29, 0.717) is 0 Å². The van der Waals surface area contributed by atoms with Crippen molar-refractivity contribution in [1.82, 2.24) is 9.97 Å². The van der Waals surface area contributed by atoms with Gasteiger partial charge in [-0.1, -0.05) is 41.5 Å². The van der Waals surface area contributed by atoms with Gasteiger partial charge in [0.1, 0.15) is 6.33 Å². The molecule has 1 heterocycles. The minimum absolute atomic E-state index is 0.925. The van der Waals surface area contributed by atoms with Crippen LogP contribution in [0.1, 0.15) is 22.3 Å². The van der Waals surface area contributed by atoms with Gasteiger partial charge in [-0.25, -0.2) is 9.97 Å². The van der Waals surface area contributed by atoms with Crippen molar-refractivity contribution in [3.8, 4) is 22.5 Å². The molecule has 0 N–H and O–H groups in total. The molecule has 1 aliphatic rings. The summed E-state index contributed by atoms with van der Waals surface area (Å²) >= 11 is 0. The highest BCUT2D eigenvalue weighted by Gasteiger charge is 2.23. The Kier molecular flexibility index (Phi) is 2.64. The molecule has 4 rings (SSSR count). The molecule has 0 saturated heterocycles. The van der Waals surface area contributed by atoms with Gasteiger partial charge in [0.2, 0.25) is 0 Å².